The molecule has 0 fully saturated rings. The van der Waals surface area contributed by atoms with E-state index in [1.807, 2.05) is 12.4 Å². The molecule has 2 heteroatoms. The number of rotatable bonds is 11. The number of benzene rings is 1. The maximum Gasteiger partial charge on any atom is 0.0389 e. The molecule has 1 atom stereocenters. The van der Waals surface area contributed by atoms with E-state index in [9.17, 15) is 0 Å². The van der Waals surface area contributed by atoms with E-state index in [0.717, 1.165) is 31.3 Å². The van der Waals surface area contributed by atoms with Crippen molar-refractivity contribution in [1.82, 2.24) is 0 Å². The van der Waals surface area contributed by atoms with Gasteiger partial charge in [0, 0.05) is 25.5 Å². The van der Waals surface area contributed by atoms with Crippen LogP contribution in [0.25, 0.3) is 0 Å². The minimum atomic E-state index is 0.794. The van der Waals surface area contributed by atoms with Crippen LogP contribution in [0, 0.1) is 11.8 Å². The first-order chi connectivity index (χ1) is 11.1. The van der Waals surface area contributed by atoms with Gasteiger partial charge in [-0.15, -0.1) is 0 Å². The standard InChI is InChI=1S/C21H34N2/c1-5-6-14-22-16-20-10-12-21(13-11-20)17-23-15-8-7-9-19(4)18(2)3/h10-13,16-19H,5-9,14-15H2,1-4H3/b22-16+,23-17+. The molecule has 0 bridgehead atoms. The van der Waals surface area contributed by atoms with Crippen molar-refractivity contribution in [3.05, 3.63) is 35.4 Å². The molecule has 0 amide bonds. The summed E-state index contributed by atoms with van der Waals surface area (Å²) in [6.07, 6.45) is 10.1. The van der Waals surface area contributed by atoms with Crippen LogP contribution in [0.2, 0.25) is 0 Å². The first-order valence-corrected chi connectivity index (χ1v) is 9.23. The summed E-state index contributed by atoms with van der Waals surface area (Å²) in [7, 11) is 0. The van der Waals surface area contributed by atoms with Gasteiger partial charge < -0.3 is 0 Å². The second-order valence-corrected chi connectivity index (χ2v) is 6.81. The summed E-state index contributed by atoms with van der Waals surface area (Å²) in [6, 6.07) is 8.46. The highest BCUT2D eigenvalue weighted by Crippen LogP contribution is 2.16. The van der Waals surface area contributed by atoms with Gasteiger partial charge >= 0.3 is 0 Å². The summed E-state index contributed by atoms with van der Waals surface area (Å²) >= 11 is 0. The molecule has 1 aromatic carbocycles. The first kappa shape index (κ1) is 19.6. The van der Waals surface area contributed by atoms with Crippen LogP contribution in [-0.4, -0.2) is 25.5 Å². The van der Waals surface area contributed by atoms with Crippen LogP contribution >= 0.6 is 0 Å². The minimum Gasteiger partial charge on any atom is -0.293 e. The molecule has 1 aromatic rings. The molecular weight excluding hydrogens is 280 g/mol. The molecule has 23 heavy (non-hydrogen) atoms. The molecule has 0 radical (unpaired) electrons. The molecule has 0 N–H and O–H groups in total. The van der Waals surface area contributed by atoms with Gasteiger partial charge in [-0.05, 0) is 35.8 Å². The minimum absolute atomic E-state index is 0.794. The number of nitrogens with zero attached hydrogens (tertiary/aromatic N) is 2. The smallest absolute Gasteiger partial charge is 0.0389 e. The zero-order valence-electron chi connectivity index (χ0n) is 15.5. The summed E-state index contributed by atoms with van der Waals surface area (Å²) in [5, 5.41) is 0. The molecule has 1 unspecified atom stereocenters. The Balaban J connectivity index is 2.25. The van der Waals surface area contributed by atoms with Gasteiger partial charge in [0.1, 0.15) is 0 Å². The molecule has 0 saturated heterocycles. The lowest BCUT2D eigenvalue weighted by atomic mass is 9.93. The Morgan fingerprint density at radius 1 is 0.826 bits per heavy atom. The summed E-state index contributed by atoms with van der Waals surface area (Å²) < 4.78 is 0. The van der Waals surface area contributed by atoms with E-state index >= 15 is 0 Å². The topological polar surface area (TPSA) is 24.7 Å². The number of hydrogen-bond acceptors (Lipinski definition) is 2. The molecule has 0 aliphatic rings. The van der Waals surface area contributed by atoms with Crippen LogP contribution in [0.5, 0.6) is 0 Å². The molecule has 0 aliphatic heterocycles. The van der Waals surface area contributed by atoms with E-state index in [2.05, 4.69) is 61.9 Å². The highest BCUT2D eigenvalue weighted by molar-refractivity contribution is 5.84. The predicted octanol–water partition coefficient (Wildman–Crippen LogP) is 5.79. The lowest BCUT2D eigenvalue weighted by Gasteiger charge is -2.14. The lowest BCUT2D eigenvalue weighted by Crippen LogP contribution is -2.03. The second kappa shape index (κ2) is 12.0. The molecule has 0 aliphatic carbocycles. The van der Waals surface area contributed by atoms with Gasteiger partial charge in [0.15, 0.2) is 0 Å². The molecule has 0 heterocycles. The first-order valence-electron chi connectivity index (χ1n) is 9.23. The number of aliphatic imine (C=N–C) groups is 2. The van der Waals surface area contributed by atoms with Crippen molar-refractivity contribution in [2.24, 2.45) is 21.8 Å². The van der Waals surface area contributed by atoms with Crippen molar-refractivity contribution in [2.45, 2.75) is 59.8 Å². The van der Waals surface area contributed by atoms with Gasteiger partial charge in [0.25, 0.3) is 0 Å². The average Bonchev–Trinajstić information content (AvgIpc) is 2.55. The quantitative estimate of drug-likeness (QED) is 0.365. The Kier molecular flexibility index (Phi) is 10.3. The Bertz CT molecular complexity index is 457. The molecule has 0 saturated carbocycles. The molecule has 0 spiro atoms. The normalized spacial score (nSPS) is 13.4. The van der Waals surface area contributed by atoms with Crippen LogP contribution in [0.4, 0.5) is 0 Å². The van der Waals surface area contributed by atoms with Crippen molar-refractivity contribution in [2.75, 3.05) is 13.1 Å². The maximum absolute atomic E-state index is 4.54. The molecule has 1 rings (SSSR count). The van der Waals surface area contributed by atoms with Crippen LogP contribution in [0.15, 0.2) is 34.3 Å². The molecule has 2 nitrogen and oxygen atoms in total. The Labute approximate surface area is 143 Å². The lowest BCUT2D eigenvalue weighted by molar-refractivity contribution is 0.379. The fourth-order valence-electron chi connectivity index (χ4n) is 2.26. The van der Waals surface area contributed by atoms with E-state index in [4.69, 9.17) is 0 Å². The van der Waals surface area contributed by atoms with E-state index < -0.39 is 0 Å². The van der Waals surface area contributed by atoms with Gasteiger partial charge in [0.05, 0.1) is 0 Å². The summed E-state index contributed by atoms with van der Waals surface area (Å²) in [4.78, 5) is 8.97. The largest absolute Gasteiger partial charge is 0.293 e. The highest BCUT2D eigenvalue weighted by atomic mass is 14.7. The Morgan fingerprint density at radius 3 is 1.83 bits per heavy atom. The monoisotopic (exact) mass is 314 g/mol. The third kappa shape index (κ3) is 9.32. The van der Waals surface area contributed by atoms with Crippen LogP contribution in [0.1, 0.15) is 70.9 Å². The van der Waals surface area contributed by atoms with Crippen LogP contribution in [0.3, 0.4) is 0 Å². The fourth-order valence-corrected chi connectivity index (χ4v) is 2.26. The van der Waals surface area contributed by atoms with Gasteiger partial charge in [0.2, 0.25) is 0 Å². The third-order valence-electron chi connectivity index (χ3n) is 4.39. The number of unbranched alkanes of at least 4 members (excludes halogenated alkanes) is 2. The Hall–Kier alpha value is -1.44. The van der Waals surface area contributed by atoms with Gasteiger partial charge in [-0.2, -0.15) is 0 Å². The average molecular weight is 315 g/mol. The third-order valence-corrected chi connectivity index (χ3v) is 4.39. The van der Waals surface area contributed by atoms with E-state index in [-0.39, 0.29) is 0 Å². The van der Waals surface area contributed by atoms with Crippen molar-refractivity contribution < 1.29 is 0 Å². The highest BCUT2D eigenvalue weighted by Gasteiger charge is 2.05. The van der Waals surface area contributed by atoms with Gasteiger partial charge in [-0.3, -0.25) is 9.98 Å². The summed E-state index contributed by atoms with van der Waals surface area (Å²) in [5.41, 5.74) is 2.34. The van der Waals surface area contributed by atoms with E-state index in [1.54, 1.807) is 0 Å². The van der Waals surface area contributed by atoms with Crippen LogP contribution in [-0.2, 0) is 0 Å². The number of hydrogen-bond donors (Lipinski definition) is 0. The van der Waals surface area contributed by atoms with Gasteiger partial charge in [-0.1, -0.05) is 71.2 Å². The summed E-state index contributed by atoms with van der Waals surface area (Å²) in [5.74, 6) is 1.62. The van der Waals surface area contributed by atoms with Crippen molar-refractivity contribution in [3.8, 4) is 0 Å². The zero-order chi connectivity index (χ0) is 16.9. The van der Waals surface area contributed by atoms with Crippen LogP contribution < -0.4 is 0 Å². The molecule has 0 aromatic heterocycles. The van der Waals surface area contributed by atoms with Crippen molar-refractivity contribution in [1.29, 1.82) is 0 Å². The summed E-state index contributed by atoms with van der Waals surface area (Å²) in [6.45, 7) is 11.0. The van der Waals surface area contributed by atoms with Crippen molar-refractivity contribution in [3.63, 3.8) is 0 Å². The Morgan fingerprint density at radius 2 is 1.35 bits per heavy atom. The maximum atomic E-state index is 4.54. The zero-order valence-corrected chi connectivity index (χ0v) is 15.5. The van der Waals surface area contributed by atoms with Crippen molar-refractivity contribution >= 4 is 12.4 Å². The molecule has 128 valence electrons. The van der Waals surface area contributed by atoms with E-state index in [0.29, 0.717) is 0 Å². The predicted molar refractivity (Wildman–Crippen MR) is 104 cm³/mol. The van der Waals surface area contributed by atoms with Gasteiger partial charge in [-0.25, -0.2) is 0 Å². The van der Waals surface area contributed by atoms with E-state index in [1.165, 1.54) is 36.8 Å². The second-order valence-electron chi connectivity index (χ2n) is 6.81. The fraction of sp³-hybridized carbons (Fsp3) is 0.619. The SMILES string of the molecule is CCCC/N=C/c1ccc(/C=N/CCCCC(C)C(C)C)cc1. The molecular formula is C21H34N2.